The second-order valence-corrected chi connectivity index (χ2v) is 6.92. The third-order valence-electron chi connectivity index (χ3n) is 4.89. The summed E-state index contributed by atoms with van der Waals surface area (Å²) in [6.45, 7) is 0.176. The maximum absolute atomic E-state index is 12.5. The monoisotopic (exact) mass is 566 g/mol. The number of nitrogens with zero attached hydrogens (tertiary/aromatic N) is 3. The van der Waals surface area contributed by atoms with Gasteiger partial charge in [-0.25, -0.2) is 4.98 Å². The molecule has 2 aromatic rings. The summed E-state index contributed by atoms with van der Waals surface area (Å²) in [5.41, 5.74) is 2.79. The van der Waals surface area contributed by atoms with Gasteiger partial charge in [-0.15, -0.1) is 24.0 Å². The highest BCUT2D eigenvalue weighted by molar-refractivity contribution is 14.0. The summed E-state index contributed by atoms with van der Waals surface area (Å²) in [5.74, 6) is 1.93. The van der Waals surface area contributed by atoms with E-state index in [-0.39, 0.29) is 36.4 Å². The number of fused-ring (bicyclic) bond motifs is 1. The van der Waals surface area contributed by atoms with E-state index >= 15 is 0 Å². The van der Waals surface area contributed by atoms with Gasteiger partial charge in [-0.3, -0.25) is 4.99 Å². The Labute approximate surface area is 202 Å². The van der Waals surface area contributed by atoms with Crippen LogP contribution in [0.3, 0.4) is 0 Å². The zero-order valence-electron chi connectivity index (χ0n) is 18.0. The minimum absolute atomic E-state index is 0. The van der Waals surface area contributed by atoms with Gasteiger partial charge in [0.15, 0.2) is 24.1 Å². The zero-order valence-corrected chi connectivity index (χ0v) is 20.4. The first kappa shape index (κ1) is 25.8. The summed E-state index contributed by atoms with van der Waals surface area (Å²) < 4.78 is 53.1. The highest BCUT2D eigenvalue weighted by Gasteiger charge is 2.29. The Kier molecular flexibility index (Phi) is 9.22. The van der Waals surface area contributed by atoms with Crippen LogP contribution in [0, 0.1) is 0 Å². The van der Waals surface area contributed by atoms with E-state index in [9.17, 15) is 13.2 Å². The van der Waals surface area contributed by atoms with Crippen LogP contribution in [-0.4, -0.2) is 56.4 Å². The molecule has 1 N–H and O–H groups in total. The van der Waals surface area contributed by atoms with Crippen LogP contribution in [-0.2, 0) is 19.5 Å². The summed E-state index contributed by atoms with van der Waals surface area (Å²) in [4.78, 5) is 10.3. The number of alkyl halides is 3. The van der Waals surface area contributed by atoms with Crippen LogP contribution in [0.4, 0.5) is 13.2 Å². The van der Waals surface area contributed by atoms with Crippen molar-refractivity contribution in [2.75, 3.05) is 34.4 Å². The lowest BCUT2D eigenvalue weighted by molar-refractivity contribution is -0.154. The number of benzene rings is 1. The average molecular weight is 566 g/mol. The number of hydrogen-bond acceptors (Lipinski definition) is 5. The molecule has 7 nitrogen and oxygen atoms in total. The number of halogens is 4. The number of hydrogen-bond donors (Lipinski definition) is 1. The minimum atomic E-state index is -4.43. The molecule has 0 radical (unpaired) electrons. The molecule has 0 atom stereocenters. The number of nitrogens with one attached hydrogen (secondary N) is 1. The van der Waals surface area contributed by atoms with Gasteiger partial charge in [0.1, 0.15) is 0 Å². The summed E-state index contributed by atoms with van der Waals surface area (Å²) in [7, 11) is 4.87. The van der Waals surface area contributed by atoms with Crippen LogP contribution in [0.15, 0.2) is 35.5 Å². The Balaban J connectivity index is 0.00000363. The standard InChI is InChI=1S/C21H25F3N4O3.HI/c1-25-20(27-11-15-5-4-7-26-19(15)31-13-21(22,23)24)28-8-6-14-9-17(29-2)18(30-3)10-16(14)12-28;/h4-5,7,9-10H,6,8,11-13H2,1-3H3,(H,25,27);1H. The van der Waals surface area contributed by atoms with E-state index in [1.807, 2.05) is 12.1 Å². The van der Waals surface area contributed by atoms with Gasteiger partial charge in [-0.1, -0.05) is 6.07 Å². The van der Waals surface area contributed by atoms with Crippen LogP contribution >= 0.6 is 24.0 Å². The molecule has 1 aromatic carbocycles. The van der Waals surface area contributed by atoms with Crippen molar-refractivity contribution < 1.29 is 27.4 Å². The van der Waals surface area contributed by atoms with Gasteiger partial charge in [0.25, 0.3) is 0 Å². The van der Waals surface area contributed by atoms with Crippen LogP contribution in [0.2, 0.25) is 0 Å². The van der Waals surface area contributed by atoms with E-state index in [2.05, 4.69) is 20.2 Å². The molecule has 11 heteroatoms. The van der Waals surface area contributed by atoms with Gasteiger partial charge in [-0.2, -0.15) is 13.2 Å². The van der Waals surface area contributed by atoms with Crippen LogP contribution in [0.1, 0.15) is 16.7 Å². The van der Waals surface area contributed by atoms with Crippen molar-refractivity contribution in [1.29, 1.82) is 0 Å². The predicted molar refractivity (Wildman–Crippen MR) is 125 cm³/mol. The number of aromatic nitrogens is 1. The molecule has 32 heavy (non-hydrogen) atoms. The number of guanidine groups is 1. The number of methoxy groups -OCH3 is 2. The lowest BCUT2D eigenvalue weighted by Crippen LogP contribution is -2.43. The molecule has 0 saturated heterocycles. The second kappa shape index (κ2) is 11.4. The van der Waals surface area contributed by atoms with E-state index in [1.54, 1.807) is 33.4 Å². The van der Waals surface area contributed by atoms with Gasteiger partial charge in [-0.05, 0) is 35.7 Å². The first-order valence-corrected chi connectivity index (χ1v) is 9.67. The maximum Gasteiger partial charge on any atom is 0.422 e. The molecule has 2 heterocycles. The Bertz CT molecular complexity index is 941. The van der Waals surface area contributed by atoms with Crippen LogP contribution in [0.5, 0.6) is 17.4 Å². The van der Waals surface area contributed by atoms with Crippen molar-refractivity contribution in [1.82, 2.24) is 15.2 Å². The minimum Gasteiger partial charge on any atom is -0.493 e. The number of aliphatic imine (C=N–C) groups is 1. The number of pyridine rings is 1. The van der Waals surface area contributed by atoms with E-state index in [0.29, 0.717) is 29.6 Å². The molecule has 1 aromatic heterocycles. The van der Waals surface area contributed by atoms with Crippen LogP contribution in [0.25, 0.3) is 0 Å². The molecule has 1 aliphatic rings. The van der Waals surface area contributed by atoms with Crippen molar-refractivity contribution in [2.45, 2.75) is 25.7 Å². The highest BCUT2D eigenvalue weighted by Crippen LogP contribution is 2.33. The van der Waals surface area contributed by atoms with Crippen molar-refractivity contribution in [3.8, 4) is 17.4 Å². The normalized spacial score (nSPS) is 13.7. The summed E-state index contributed by atoms with van der Waals surface area (Å²) in [6, 6.07) is 7.26. The fourth-order valence-corrected chi connectivity index (χ4v) is 3.41. The Hall–Kier alpha value is -2.44. The van der Waals surface area contributed by atoms with Gasteiger partial charge in [0, 0.05) is 38.4 Å². The Morgan fingerprint density at radius 3 is 2.50 bits per heavy atom. The molecule has 176 valence electrons. The second-order valence-electron chi connectivity index (χ2n) is 6.92. The molecule has 0 bridgehead atoms. The lowest BCUT2D eigenvalue weighted by atomic mass is 9.99. The van der Waals surface area contributed by atoms with E-state index in [1.165, 1.54) is 11.8 Å². The number of rotatable bonds is 6. The van der Waals surface area contributed by atoms with Gasteiger partial charge >= 0.3 is 6.18 Å². The molecule has 0 unspecified atom stereocenters. The molecule has 0 spiro atoms. The molecule has 0 amide bonds. The SMILES string of the molecule is CN=C(NCc1cccnc1OCC(F)(F)F)N1CCc2cc(OC)c(OC)cc2C1.I. The zero-order chi connectivity index (χ0) is 22.4. The van der Waals surface area contributed by atoms with Crippen molar-refractivity contribution in [3.05, 3.63) is 47.2 Å². The first-order valence-electron chi connectivity index (χ1n) is 9.67. The summed E-state index contributed by atoms with van der Waals surface area (Å²) >= 11 is 0. The van der Waals surface area contributed by atoms with Crippen LogP contribution < -0.4 is 19.5 Å². The molecule has 0 saturated carbocycles. The molecule has 0 aliphatic carbocycles. The maximum atomic E-state index is 12.5. The first-order chi connectivity index (χ1) is 14.8. The number of ether oxygens (including phenoxy) is 3. The van der Waals surface area contributed by atoms with E-state index in [0.717, 1.165) is 18.5 Å². The lowest BCUT2D eigenvalue weighted by Gasteiger charge is -2.32. The third-order valence-corrected chi connectivity index (χ3v) is 4.89. The molecule has 1 aliphatic heterocycles. The third kappa shape index (κ3) is 6.53. The molecule has 0 fully saturated rings. The molecular weight excluding hydrogens is 540 g/mol. The van der Waals surface area contributed by atoms with Crippen molar-refractivity contribution >= 4 is 29.9 Å². The summed E-state index contributed by atoms with van der Waals surface area (Å²) in [6.07, 6.45) is -2.24. The summed E-state index contributed by atoms with van der Waals surface area (Å²) in [5, 5.41) is 3.19. The van der Waals surface area contributed by atoms with Crippen molar-refractivity contribution in [2.24, 2.45) is 4.99 Å². The van der Waals surface area contributed by atoms with Crippen molar-refractivity contribution in [3.63, 3.8) is 0 Å². The van der Waals surface area contributed by atoms with E-state index in [4.69, 9.17) is 14.2 Å². The quantitative estimate of drug-likeness (QED) is 0.326. The fraction of sp³-hybridized carbons (Fsp3) is 0.429. The van der Waals surface area contributed by atoms with E-state index < -0.39 is 12.8 Å². The highest BCUT2D eigenvalue weighted by atomic mass is 127. The largest absolute Gasteiger partial charge is 0.493 e. The van der Waals surface area contributed by atoms with Gasteiger partial charge < -0.3 is 24.4 Å². The molecule has 3 rings (SSSR count). The fourth-order valence-electron chi connectivity index (χ4n) is 3.41. The molecular formula is C21H26F3IN4O3. The van der Waals surface area contributed by atoms with Gasteiger partial charge in [0.2, 0.25) is 5.88 Å². The Morgan fingerprint density at radius 1 is 1.19 bits per heavy atom. The van der Waals surface area contributed by atoms with Gasteiger partial charge in [0.05, 0.1) is 14.2 Å². The Morgan fingerprint density at radius 2 is 1.88 bits per heavy atom. The topological polar surface area (TPSA) is 68.2 Å². The smallest absolute Gasteiger partial charge is 0.422 e. The average Bonchev–Trinajstić information content (AvgIpc) is 2.77. The predicted octanol–water partition coefficient (Wildman–Crippen LogP) is 3.79.